The van der Waals surface area contributed by atoms with Gasteiger partial charge in [0.15, 0.2) is 0 Å². The van der Waals surface area contributed by atoms with E-state index in [0.717, 1.165) is 5.56 Å². The SMILES string of the molecule is N#CC(C#N)C1CCN(C(=O)OCc2ccccc2)CC1. The molecule has 2 rings (SSSR count). The number of nitriles is 2. The van der Waals surface area contributed by atoms with Gasteiger partial charge in [-0.3, -0.25) is 0 Å². The maximum atomic E-state index is 12.0. The van der Waals surface area contributed by atoms with Crippen molar-refractivity contribution in [2.75, 3.05) is 13.1 Å². The van der Waals surface area contributed by atoms with E-state index in [4.69, 9.17) is 15.3 Å². The van der Waals surface area contributed by atoms with Crippen molar-refractivity contribution in [2.24, 2.45) is 11.8 Å². The Morgan fingerprint density at radius 1 is 1.24 bits per heavy atom. The number of likely N-dealkylation sites (tertiary alicyclic amines) is 1. The van der Waals surface area contributed by atoms with Gasteiger partial charge < -0.3 is 9.64 Å². The van der Waals surface area contributed by atoms with Gasteiger partial charge in [0.2, 0.25) is 0 Å². The zero-order valence-electron chi connectivity index (χ0n) is 11.7. The summed E-state index contributed by atoms with van der Waals surface area (Å²) in [7, 11) is 0. The quantitative estimate of drug-likeness (QED) is 0.854. The van der Waals surface area contributed by atoms with E-state index < -0.39 is 5.92 Å². The highest BCUT2D eigenvalue weighted by Gasteiger charge is 2.29. The summed E-state index contributed by atoms with van der Waals surface area (Å²) < 4.78 is 5.27. The lowest BCUT2D eigenvalue weighted by Gasteiger charge is -2.31. The molecule has 1 fully saturated rings. The molecule has 0 radical (unpaired) electrons. The van der Waals surface area contributed by atoms with E-state index in [1.807, 2.05) is 42.5 Å². The van der Waals surface area contributed by atoms with Crippen LogP contribution in [0.1, 0.15) is 18.4 Å². The highest BCUT2D eigenvalue weighted by Crippen LogP contribution is 2.24. The first-order valence-corrected chi connectivity index (χ1v) is 6.99. The molecule has 0 aromatic heterocycles. The summed E-state index contributed by atoms with van der Waals surface area (Å²) in [6.45, 7) is 1.34. The lowest BCUT2D eigenvalue weighted by atomic mass is 9.86. The van der Waals surface area contributed by atoms with Gasteiger partial charge in [-0.2, -0.15) is 10.5 Å². The van der Waals surface area contributed by atoms with Crippen molar-refractivity contribution >= 4 is 6.09 Å². The Kier molecular flexibility index (Phi) is 5.17. The lowest BCUT2D eigenvalue weighted by molar-refractivity contribution is 0.0806. The van der Waals surface area contributed by atoms with Gasteiger partial charge in [-0.05, 0) is 24.3 Å². The Morgan fingerprint density at radius 3 is 2.43 bits per heavy atom. The van der Waals surface area contributed by atoms with E-state index >= 15 is 0 Å². The monoisotopic (exact) mass is 283 g/mol. The third-order valence-corrected chi connectivity index (χ3v) is 3.75. The van der Waals surface area contributed by atoms with Crippen molar-refractivity contribution in [3.8, 4) is 12.1 Å². The molecule has 1 saturated heterocycles. The minimum Gasteiger partial charge on any atom is -0.445 e. The number of piperidine rings is 1. The minimum atomic E-state index is -0.576. The van der Waals surface area contributed by atoms with Crippen LogP contribution in [0.3, 0.4) is 0 Å². The highest BCUT2D eigenvalue weighted by atomic mass is 16.6. The summed E-state index contributed by atoms with van der Waals surface area (Å²) >= 11 is 0. The van der Waals surface area contributed by atoms with Crippen molar-refractivity contribution in [3.05, 3.63) is 35.9 Å². The van der Waals surface area contributed by atoms with E-state index in [1.54, 1.807) is 4.90 Å². The van der Waals surface area contributed by atoms with Gasteiger partial charge in [0, 0.05) is 13.1 Å². The third kappa shape index (κ3) is 3.97. The van der Waals surface area contributed by atoms with Gasteiger partial charge in [0.1, 0.15) is 12.5 Å². The molecule has 21 heavy (non-hydrogen) atoms. The number of rotatable bonds is 3. The van der Waals surface area contributed by atoms with Crippen LogP contribution in [0.25, 0.3) is 0 Å². The molecule has 0 atom stereocenters. The zero-order chi connectivity index (χ0) is 15.1. The van der Waals surface area contributed by atoms with Crippen LogP contribution in [0.15, 0.2) is 30.3 Å². The fraction of sp³-hybridized carbons (Fsp3) is 0.438. The molecule has 0 spiro atoms. The number of carbonyl (C=O) groups is 1. The molecule has 0 aliphatic carbocycles. The van der Waals surface area contributed by atoms with E-state index in [1.165, 1.54) is 0 Å². The molecule has 108 valence electrons. The second-order valence-corrected chi connectivity index (χ2v) is 5.10. The number of carbonyl (C=O) groups excluding carboxylic acids is 1. The van der Waals surface area contributed by atoms with Gasteiger partial charge >= 0.3 is 6.09 Å². The van der Waals surface area contributed by atoms with Crippen LogP contribution in [0, 0.1) is 34.5 Å². The van der Waals surface area contributed by atoms with E-state index in [-0.39, 0.29) is 18.6 Å². The second-order valence-electron chi connectivity index (χ2n) is 5.10. The maximum absolute atomic E-state index is 12.0. The summed E-state index contributed by atoms with van der Waals surface area (Å²) in [5, 5.41) is 17.8. The number of hydrogen-bond donors (Lipinski definition) is 0. The van der Waals surface area contributed by atoms with Crippen LogP contribution in [0.4, 0.5) is 4.79 Å². The molecule has 1 aliphatic rings. The summed E-state index contributed by atoms with van der Waals surface area (Å²) in [5.74, 6) is -0.523. The summed E-state index contributed by atoms with van der Waals surface area (Å²) in [4.78, 5) is 13.6. The van der Waals surface area contributed by atoms with Crippen LogP contribution >= 0.6 is 0 Å². The summed E-state index contributed by atoms with van der Waals surface area (Å²) in [6.07, 6.45) is 1.01. The minimum absolute atomic E-state index is 0.0539. The predicted octanol–water partition coefficient (Wildman–Crippen LogP) is 2.70. The van der Waals surface area contributed by atoms with Gasteiger partial charge in [0.05, 0.1) is 12.1 Å². The Morgan fingerprint density at radius 2 is 1.86 bits per heavy atom. The first kappa shape index (κ1) is 14.9. The molecule has 5 heteroatoms. The van der Waals surface area contributed by atoms with Crippen LogP contribution in [-0.2, 0) is 11.3 Å². The fourth-order valence-corrected chi connectivity index (χ4v) is 2.47. The molecule has 0 saturated carbocycles. The van der Waals surface area contributed by atoms with Crippen molar-refractivity contribution in [1.29, 1.82) is 10.5 Å². The number of amides is 1. The molecule has 0 N–H and O–H groups in total. The van der Waals surface area contributed by atoms with Gasteiger partial charge in [-0.15, -0.1) is 0 Å². The fourth-order valence-electron chi connectivity index (χ4n) is 2.47. The number of hydrogen-bond acceptors (Lipinski definition) is 4. The number of ether oxygens (including phenoxy) is 1. The Bertz CT molecular complexity index is 537. The third-order valence-electron chi connectivity index (χ3n) is 3.75. The Hall–Kier alpha value is -2.53. The smallest absolute Gasteiger partial charge is 0.410 e. The molecule has 1 aromatic carbocycles. The van der Waals surface area contributed by atoms with Crippen molar-refractivity contribution in [2.45, 2.75) is 19.4 Å². The summed E-state index contributed by atoms with van der Waals surface area (Å²) in [6, 6.07) is 13.6. The van der Waals surface area contributed by atoms with E-state index in [9.17, 15) is 4.79 Å². The van der Waals surface area contributed by atoms with Crippen molar-refractivity contribution < 1.29 is 9.53 Å². The number of benzene rings is 1. The molecule has 1 aromatic rings. The van der Waals surface area contributed by atoms with Gasteiger partial charge in [0.25, 0.3) is 0 Å². The molecule has 1 aliphatic heterocycles. The molecule has 5 nitrogen and oxygen atoms in total. The van der Waals surface area contributed by atoms with E-state index in [2.05, 4.69) is 0 Å². The zero-order valence-corrected chi connectivity index (χ0v) is 11.7. The van der Waals surface area contributed by atoms with Gasteiger partial charge in [-0.1, -0.05) is 30.3 Å². The normalized spacial score (nSPS) is 15.3. The molecule has 1 heterocycles. The number of nitrogens with zero attached hydrogens (tertiary/aromatic N) is 3. The molecule has 0 bridgehead atoms. The van der Waals surface area contributed by atoms with Crippen LogP contribution in [0.2, 0.25) is 0 Å². The van der Waals surface area contributed by atoms with E-state index in [0.29, 0.717) is 25.9 Å². The highest BCUT2D eigenvalue weighted by molar-refractivity contribution is 5.67. The maximum Gasteiger partial charge on any atom is 0.410 e. The molecular weight excluding hydrogens is 266 g/mol. The predicted molar refractivity (Wildman–Crippen MR) is 75.6 cm³/mol. The van der Waals surface area contributed by atoms with Crippen molar-refractivity contribution in [1.82, 2.24) is 4.90 Å². The Balaban J connectivity index is 1.79. The standard InChI is InChI=1S/C16H17N3O2/c17-10-15(11-18)14-6-8-19(9-7-14)16(20)21-12-13-4-2-1-3-5-13/h1-5,14-15H,6-9,12H2. The average Bonchev–Trinajstić information content (AvgIpc) is 2.55. The van der Waals surface area contributed by atoms with Crippen LogP contribution < -0.4 is 0 Å². The summed E-state index contributed by atoms with van der Waals surface area (Å²) in [5.41, 5.74) is 0.953. The van der Waals surface area contributed by atoms with Gasteiger partial charge in [-0.25, -0.2) is 4.79 Å². The Labute approximate surface area is 124 Å². The molecule has 0 unspecified atom stereocenters. The topological polar surface area (TPSA) is 77.1 Å². The first-order chi connectivity index (χ1) is 10.2. The lowest BCUT2D eigenvalue weighted by Crippen LogP contribution is -2.40. The molecular formula is C16H17N3O2. The first-order valence-electron chi connectivity index (χ1n) is 6.99. The second kappa shape index (κ2) is 7.31. The molecule has 1 amide bonds. The largest absolute Gasteiger partial charge is 0.445 e. The van der Waals surface area contributed by atoms with Crippen LogP contribution in [-0.4, -0.2) is 24.1 Å². The van der Waals surface area contributed by atoms with Crippen LogP contribution in [0.5, 0.6) is 0 Å². The average molecular weight is 283 g/mol. The van der Waals surface area contributed by atoms with Crippen molar-refractivity contribution in [3.63, 3.8) is 0 Å².